The van der Waals surface area contributed by atoms with Crippen LogP contribution >= 0.6 is 0 Å². The lowest BCUT2D eigenvalue weighted by molar-refractivity contribution is -0.125. The van der Waals surface area contributed by atoms with E-state index in [1.165, 1.54) is 0 Å². The van der Waals surface area contributed by atoms with Crippen LogP contribution in [-0.4, -0.2) is 25.0 Å². The molecule has 0 radical (unpaired) electrons. The van der Waals surface area contributed by atoms with Gasteiger partial charge in [-0.2, -0.15) is 0 Å². The van der Waals surface area contributed by atoms with Crippen LogP contribution in [0, 0.1) is 5.41 Å². The van der Waals surface area contributed by atoms with E-state index in [0.29, 0.717) is 18.8 Å². The normalized spacial score (nSPS) is 13.5. The number of fused-ring (bicyclic) bond motifs is 1. The second-order valence-electron chi connectivity index (χ2n) is 6.42. The number of urea groups is 1. The van der Waals surface area contributed by atoms with E-state index < -0.39 is 5.41 Å². The van der Waals surface area contributed by atoms with E-state index in [4.69, 9.17) is 0 Å². The average molecular weight is 301 g/mol. The monoisotopic (exact) mass is 301 g/mol. The molecule has 0 unspecified atom stereocenters. The third kappa shape index (κ3) is 3.47. The molecule has 0 atom stereocenters. The minimum atomic E-state index is -0.424. The van der Waals surface area contributed by atoms with Crippen molar-refractivity contribution in [1.29, 1.82) is 0 Å². The Hall–Kier alpha value is -2.30. The van der Waals surface area contributed by atoms with Crippen LogP contribution < -0.4 is 15.5 Å². The van der Waals surface area contributed by atoms with Gasteiger partial charge < -0.3 is 15.5 Å². The number of carbonyl (C=O) groups is 2. The summed E-state index contributed by atoms with van der Waals surface area (Å²) in [5.41, 5.74) is 2.27. The van der Waals surface area contributed by atoms with Gasteiger partial charge in [-0.3, -0.25) is 4.79 Å². The van der Waals surface area contributed by atoms with Gasteiger partial charge in [0.15, 0.2) is 0 Å². The molecule has 1 aromatic carbocycles. The van der Waals surface area contributed by atoms with Gasteiger partial charge in [-0.05, 0) is 24.1 Å². The van der Waals surface area contributed by atoms with E-state index in [0.717, 1.165) is 17.7 Å². The Kier molecular flexibility index (Phi) is 4.54. The van der Waals surface area contributed by atoms with Gasteiger partial charge in [0.25, 0.3) is 0 Å². The molecular formula is C17H23N3O2. The quantitative estimate of drug-likeness (QED) is 0.843. The van der Waals surface area contributed by atoms with E-state index >= 15 is 0 Å². The van der Waals surface area contributed by atoms with Gasteiger partial charge >= 0.3 is 6.03 Å². The third-order valence-electron chi connectivity index (χ3n) is 3.53. The Labute approximate surface area is 131 Å². The summed E-state index contributed by atoms with van der Waals surface area (Å²) >= 11 is 0. The van der Waals surface area contributed by atoms with Gasteiger partial charge in [-0.25, -0.2) is 4.79 Å². The van der Waals surface area contributed by atoms with E-state index in [2.05, 4.69) is 17.2 Å². The van der Waals surface area contributed by atoms with Gasteiger partial charge in [0, 0.05) is 29.9 Å². The lowest BCUT2D eigenvalue weighted by Gasteiger charge is -2.26. The fraction of sp³-hybridized carbons (Fsp3) is 0.412. The van der Waals surface area contributed by atoms with Crippen molar-refractivity contribution in [1.82, 2.24) is 5.32 Å². The maximum absolute atomic E-state index is 12.5. The smallest absolute Gasteiger partial charge is 0.319 e. The highest BCUT2D eigenvalue weighted by Crippen LogP contribution is 2.33. The fourth-order valence-corrected chi connectivity index (χ4v) is 2.41. The molecule has 22 heavy (non-hydrogen) atoms. The first-order chi connectivity index (χ1) is 10.3. The van der Waals surface area contributed by atoms with Crippen molar-refractivity contribution in [2.24, 2.45) is 5.41 Å². The van der Waals surface area contributed by atoms with Crippen LogP contribution in [0.4, 0.5) is 16.2 Å². The summed E-state index contributed by atoms with van der Waals surface area (Å²) in [6, 6.07) is 5.40. The molecule has 0 fully saturated rings. The van der Waals surface area contributed by atoms with Crippen molar-refractivity contribution in [2.75, 3.05) is 23.3 Å². The second kappa shape index (κ2) is 6.22. The molecule has 0 spiro atoms. The number of carbonyl (C=O) groups excluding carboxylic acids is 2. The van der Waals surface area contributed by atoms with E-state index in [1.807, 2.05) is 43.9 Å². The van der Waals surface area contributed by atoms with Gasteiger partial charge in [-0.15, -0.1) is 6.58 Å². The zero-order chi connectivity index (χ0) is 16.3. The van der Waals surface area contributed by atoms with Crippen LogP contribution in [0.15, 0.2) is 30.9 Å². The van der Waals surface area contributed by atoms with Crippen molar-refractivity contribution >= 4 is 23.3 Å². The molecule has 2 N–H and O–H groups in total. The molecule has 5 heteroatoms. The summed E-state index contributed by atoms with van der Waals surface area (Å²) < 4.78 is 0. The number of hydrogen-bond donors (Lipinski definition) is 2. The Bertz CT molecular complexity index is 602. The molecule has 0 saturated heterocycles. The molecule has 1 heterocycles. The van der Waals surface area contributed by atoms with E-state index in [1.54, 1.807) is 6.08 Å². The van der Waals surface area contributed by atoms with E-state index in [9.17, 15) is 9.59 Å². The SMILES string of the molecule is C=CCNC(=O)Nc1ccc2c(c1)N(C(=O)C(C)(C)C)CC2. The summed E-state index contributed by atoms with van der Waals surface area (Å²) in [5, 5.41) is 5.43. The largest absolute Gasteiger partial charge is 0.334 e. The third-order valence-corrected chi connectivity index (χ3v) is 3.53. The van der Waals surface area contributed by atoms with Crippen LogP contribution in [0.5, 0.6) is 0 Å². The van der Waals surface area contributed by atoms with Crippen molar-refractivity contribution in [3.63, 3.8) is 0 Å². The summed E-state index contributed by atoms with van der Waals surface area (Å²) in [6.45, 7) is 10.4. The van der Waals surface area contributed by atoms with Crippen LogP contribution in [0.25, 0.3) is 0 Å². The van der Waals surface area contributed by atoms with Crippen molar-refractivity contribution in [3.8, 4) is 0 Å². The Morgan fingerprint density at radius 3 is 2.73 bits per heavy atom. The molecule has 1 aliphatic heterocycles. The molecule has 3 amide bonds. The molecule has 1 aromatic rings. The Morgan fingerprint density at radius 1 is 1.36 bits per heavy atom. The number of benzene rings is 1. The highest BCUT2D eigenvalue weighted by Gasteiger charge is 2.32. The minimum Gasteiger partial charge on any atom is -0.334 e. The molecule has 0 aliphatic carbocycles. The first kappa shape index (κ1) is 16.1. The summed E-state index contributed by atoms with van der Waals surface area (Å²) in [4.78, 5) is 26.0. The average Bonchev–Trinajstić information content (AvgIpc) is 2.86. The number of rotatable bonds is 3. The first-order valence-electron chi connectivity index (χ1n) is 7.43. The van der Waals surface area contributed by atoms with Crippen molar-refractivity contribution in [2.45, 2.75) is 27.2 Å². The Balaban J connectivity index is 2.18. The number of amides is 3. The van der Waals surface area contributed by atoms with E-state index in [-0.39, 0.29) is 11.9 Å². The molecular weight excluding hydrogens is 278 g/mol. The highest BCUT2D eigenvalue weighted by atomic mass is 16.2. The van der Waals surface area contributed by atoms with Gasteiger partial charge in [0.2, 0.25) is 5.91 Å². The zero-order valence-corrected chi connectivity index (χ0v) is 13.4. The summed E-state index contributed by atoms with van der Waals surface area (Å²) in [7, 11) is 0. The number of nitrogens with one attached hydrogen (secondary N) is 2. The van der Waals surface area contributed by atoms with Gasteiger partial charge in [0.1, 0.15) is 0 Å². The van der Waals surface area contributed by atoms with Crippen LogP contribution in [0.3, 0.4) is 0 Å². The zero-order valence-electron chi connectivity index (χ0n) is 13.4. The maximum atomic E-state index is 12.5. The number of hydrogen-bond acceptors (Lipinski definition) is 2. The highest BCUT2D eigenvalue weighted by molar-refractivity contribution is 6.00. The summed E-state index contributed by atoms with van der Waals surface area (Å²) in [5.74, 6) is 0.0968. The lowest BCUT2D eigenvalue weighted by atomic mass is 9.94. The maximum Gasteiger partial charge on any atom is 0.319 e. The van der Waals surface area contributed by atoms with Crippen molar-refractivity contribution < 1.29 is 9.59 Å². The molecule has 0 aromatic heterocycles. The van der Waals surface area contributed by atoms with Crippen LogP contribution in [-0.2, 0) is 11.2 Å². The molecule has 118 valence electrons. The summed E-state index contributed by atoms with van der Waals surface area (Å²) in [6.07, 6.45) is 2.46. The van der Waals surface area contributed by atoms with Crippen LogP contribution in [0.1, 0.15) is 26.3 Å². The number of nitrogens with zero attached hydrogens (tertiary/aromatic N) is 1. The van der Waals surface area contributed by atoms with Crippen molar-refractivity contribution in [3.05, 3.63) is 36.4 Å². The van der Waals surface area contributed by atoms with Gasteiger partial charge in [-0.1, -0.05) is 32.9 Å². The first-order valence-corrected chi connectivity index (χ1v) is 7.43. The molecule has 1 aliphatic rings. The lowest BCUT2D eigenvalue weighted by Crippen LogP contribution is -2.38. The standard InChI is InChI=1S/C17H23N3O2/c1-5-9-18-16(22)19-13-7-6-12-8-10-20(14(12)11-13)15(21)17(2,3)4/h5-7,11H,1,8-10H2,2-4H3,(H2,18,19,22). The minimum absolute atomic E-state index is 0.0968. The fourth-order valence-electron chi connectivity index (χ4n) is 2.41. The Morgan fingerprint density at radius 2 is 2.09 bits per heavy atom. The number of anilines is 2. The molecule has 0 saturated carbocycles. The van der Waals surface area contributed by atoms with Gasteiger partial charge in [0.05, 0.1) is 0 Å². The topological polar surface area (TPSA) is 61.4 Å². The second-order valence-corrected chi connectivity index (χ2v) is 6.42. The molecule has 0 bridgehead atoms. The molecule has 5 nitrogen and oxygen atoms in total. The van der Waals surface area contributed by atoms with Crippen LogP contribution in [0.2, 0.25) is 0 Å². The molecule has 2 rings (SSSR count). The predicted octanol–water partition coefficient (Wildman–Crippen LogP) is 2.93. The predicted molar refractivity (Wildman–Crippen MR) is 89.2 cm³/mol.